The topological polar surface area (TPSA) is 47.6 Å². The first kappa shape index (κ1) is 12.6. The zero-order valence-corrected chi connectivity index (χ0v) is 10.4. The highest BCUT2D eigenvalue weighted by atomic mass is 16.5. The molecule has 1 aliphatic rings. The predicted molar refractivity (Wildman–Crippen MR) is 69.6 cm³/mol. The minimum absolute atomic E-state index is 0.108. The minimum Gasteiger partial charge on any atom is -0.493 e. The van der Waals surface area contributed by atoms with Crippen LogP contribution in [-0.4, -0.2) is 32.8 Å². The Morgan fingerprint density at radius 1 is 1.56 bits per heavy atom. The van der Waals surface area contributed by atoms with Gasteiger partial charge in [-0.1, -0.05) is 6.07 Å². The van der Waals surface area contributed by atoms with Gasteiger partial charge in [0, 0.05) is 26.2 Å². The molecular weight excluding hydrogens is 230 g/mol. The summed E-state index contributed by atoms with van der Waals surface area (Å²) in [4.78, 5) is 11.4. The number of hydrogen-bond acceptors (Lipinski definition) is 3. The molecule has 18 heavy (non-hydrogen) atoms. The quantitative estimate of drug-likeness (QED) is 0.632. The van der Waals surface area contributed by atoms with E-state index in [0.29, 0.717) is 13.2 Å². The third-order valence-corrected chi connectivity index (χ3v) is 2.75. The molecule has 0 aliphatic carbocycles. The van der Waals surface area contributed by atoms with E-state index in [9.17, 15) is 4.79 Å². The highest BCUT2D eigenvalue weighted by Crippen LogP contribution is 2.26. The van der Waals surface area contributed by atoms with Crippen LogP contribution < -0.4 is 10.1 Å². The molecule has 0 saturated heterocycles. The second-order valence-electron chi connectivity index (χ2n) is 4.08. The van der Waals surface area contributed by atoms with Gasteiger partial charge in [0.25, 0.3) is 0 Å². The van der Waals surface area contributed by atoms with Crippen molar-refractivity contribution in [1.82, 2.24) is 5.32 Å². The molecule has 4 heteroatoms. The Bertz CT molecular complexity index is 454. The lowest BCUT2D eigenvalue weighted by atomic mass is 10.1. The van der Waals surface area contributed by atoms with Gasteiger partial charge in [0.2, 0.25) is 5.91 Å². The summed E-state index contributed by atoms with van der Waals surface area (Å²) in [5, 5.41) is 2.73. The van der Waals surface area contributed by atoms with E-state index in [-0.39, 0.29) is 5.91 Å². The SMILES string of the molecule is COCCNC(=O)/C=C/c1ccc2c(c1)CCO2. The smallest absolute Gasteiger partial charge is 0.244 e. The van der Waals surface area contributed by atoms with Crippen LogP contribution in [0, 0.1) is 0 Å². The van der Waals surface area contributed by atoms with Gasteiger partial charge < -0.3 is 14.8 Å². The van der Waals surface area contributed by atoms with Gasteiger partial charge in [-0.3, -0.25) is 4.79 Å². The fourth-order valence-corrected chi connectivity index (χ4v) is 1.82. The summed E-state index contributed by atoms with van der Waals surface area (Å²) in [6, 6.07) is 5.95. The minimum atomic E-state index is -0.108. The molecule has 1 aromatic carbocycles. The summed E-state index contributed by atoms with van der Waals surface area (Å²) < 4.78 is 10.3. The molecule has 0 radical (unpaired) electrons. The van der Waals surface area contributed by atoms with E-state index in [1.807, 2.05) is 12.1 Å². The Hall–Kier alpha value is -1.81. The molecule has 1 aromatic rings. The van der Waals surface area contributed by atoms with Crippen molar-refractivity contribution >= 4 is 12.0 Å². The lowest BCUT2D eigenvalue weighted by Gasteiger charge is -2.01. The normalized spacial score (nSPS) is 13.4. The molecule has 1 N–H and O–H groups in total. The van der Waals surface area contributed by atoms with E-state index in [2.05, 4.69) is 11.4 Å². The molecule has 0 bridgehead atoms. The number of carbonyl (C=O) groups is 1. The molecule has 0 unspecified atom stereocenters. The molecule has 0 saturated carbocycles. The lowest BCUT2D eigenvalue weighted by molar-refractivity contribution is -0.116. The van der Waals surface area contributed by atoms with Crippen LogP contribution in [0.1, 0.15) is 11.1 Å². The summed E-state index contributed by atoms with van der Waals surface area (Å²) in [5.74, 6) is 0.848. The Kier molecular flexibility index (Phi) is 4.36. The second kappa shape index (κ2) is 6.21. The predicted octanol–water partition coefficient (Wildman–Crippen LogP) is 1.40. The van der Waals surface area contributed by atoms with Gasteiger partial charge in [-0.05, 0) is 29.3 Å². The van der Waals surface area contributed by atoms with Gasteiger partial charge in [-0.25, -0.2) is 0 Å². The molecule has 0 aromatic heterocycles. The maximum absolute atomic E-state index is 11.4. The first-order valence-corrected chi connectivity index (χ1v) is 6.00. The van der Waals surface area contributed by atoms with Crippen molar-refractivity contribution in [1.29, 1.82) is 0 Å². The van der Waals surface area contributed by atoms with Crippen molar-refractivity contribution in [3.05, 3.63) is 35.4 Å². The fourth-order valence-electron chi connectivity index (χ4n) is 1.82. The van der Waals surface area contributed by atoms with Crippen molar-refractivity contribution in [3.63, 3.8) is 0 Å². The van der Waals surface area contributed by atoms with Crippen molar-refractivity contribution < 1.29 is 14.3 Å². The third-order valence-electron chi connectivity index (χ3n) is 2.75. The Labute approximate surface area is 107 Å². The molecule has 1 amide bonds. The molecule has 4 nitrogen and oxygen atoms in total. The van der Waals surface area contributed by atoms with Gasteiger partial charge in [0.1, 0.15) is 5.75 Å². The summed E-state index contributed by atoms with van der Waals surface area (Å²) in [7, 11) is 1.61. The zero-order chi connectivity index (χ0) is 12.8. The van der Waals surface area contributed by atoms with Crippen molar-refractivity contribution in [2.45, 2.75) is 6.42 Å². The monoisotopic (exact) mass is 247 g/mol. The molecule has 1 heterocycles. The molecule has 0 fully saturated rings. The van der Waals surface area contributed by atoms with Crippen molar-refractivity contribution in [3.8, 4) is 5.75 Å². The number of methoxy groups -OCH3 is 1. The summed E-state index contributed by atoms with van der Waals surface area (Å²) in [6.07, 6.45) is 4.28. The van der Waals surface area contributed by atoms with Gasteiger partial charge in [0.15, 0.2) is 0 Å². The number of rotatable bonds is 5. The number of fused-ring (bicyclic) bond motifs is 1. The molecule has 0 spiro atoms. The van der Waals surface area contributed by atoms with E-state index in [1.165, 1.54) is 11.6 Å². The third kappa shape index (κ3) is 3.34. The Balaban J connectivity index is 1.90. The van der Waals surface area contributed by atoms with Crippen LogP contribution >= 0.6 is 0 Å². The number of hydrogen-bond donors (Lipinski definition) is 1. The van der Waals surface area contributed by atoms with E-state index in [0.717, 1.165) is 24.3 Å². The largest absolute Gasteiger partial charge is 0.493 e. The molecule has 96 valence electrons. The number of amides is 1. The Morgan fingerprint density at radius 3 is 3.28 bits per heavy atom. The van der Waals surface area contributed by atoms with Gasteiger partial charge in [-0.2, -0.15) is 0 Å². The van der Waals surface area contributed by atoms with Gasteiger partial charge >= 0.3 is 0 Å². The number of ether oxygens (including phenoxy) is 2. The van der Waals surface area contributed by atoms with Crippen LogP contribution in [0.25, 0.3) is 6.08 Å². The van der Waals surface area contributed by atoms with E-state index in [1.54, 1.807) is 13.2 Å². The van der Waals surface area contributed by atoms with Crippen LogP contribution in [-0.2, 0) is 16.0 Å². The van der Waals surface area contributed by atoms with E-state index in [4.69, 9.17) is 9.47 Å². The Morgan fingerprint density at radius 2 is 2.44 bits per heavy atom. The highest BCUT2D eigenvalue weighted by Gasteiger charge is 2.10. The van der Waals surface area contributed by atoms with E-state index >= 15 is 0 Å². The summed E-state index contributed by atoms with van der Waals surface area (Å²) >= 11 is 0. The average Bonchev–Trinajstić information content (AvgIpc) is 2.84. The zero-order valence-electron chi connectivity index (χ0n) is 10.4. The van der Waals surface area contributed by atoms with Crippen LogP contribution in [0.4, 0.5) is 0 Å². The van der Waals surface area contributed by atoms with Crippen molar-refractivity contribution in [2.24, 2.45) is 0 Å². The van der Waals surface area contributed by atoms with Gasteiger partial charge in [0.05, 0.1) is 13.2 Å². The summed E-state index contributed by atoms with van der Waals surface area (Å²) in [5.41, 5.74) is 2.22. The molecule has 0 atom stereocenters. The lowest BCUT2D eigenvalue weighted by Crippen LogP contribution is -2.24. The highest BCUT2D eigenvalue weighted by molar-refractivity contribution is 5.91. The standard InChI is InChI=1S/C14H17NO3/c1-17-9-7-15-14(16)5-3-11-2-4-13-12(10-11)6-8-18-13/h2-5,10H,6-9H2,1H3,(H,15,16)/b5-3+. The fraction of sp³-hybridized carbons (Fsp3) is 0.357. The van der Waals surface area contributed by atoms with Crippen LogP contribution in [0.3, 0.4) is 0 Å². The first-order chi connectivity index (χ1) is 8.79. The molecule has 1 aliphatic heterocycles. The number of carbonyl (C=O) groups excluding carboxylic acids is 1. The molecule has 2 rings (SSSR count). The van der Waals surface area contributed by atoms with E-state index < -0.39 is 0 Å². The second-order valence-corrected chi connectivity index (χ2v) is 4.08. The van der Waals surface area contributed by atoms with Gasteiger partial charge in [-0.15, -0.1) is 0 Å². The summed E-state index contributed by atoms with van der Waals surface area (Å²) in [6.45, 7) is 1.80. The van der Waals surface area contributed by atoms with Crippen LogP contribution in [0.5, 0.6) is 5.75 Å². The van der Waals surface area contributed by atoms with Crippen LogP contribution in [0.15, 0.2) is 24.3 Å². The molecular formula is C14H17NO3. The maximum Gasteiger partial charge on any atom is 0.244 e. The number of nitrogens with one attached hydrogen (secondary N) is 1. The maximum atomic E-state index is 11.4. The number of benzene rings is 1. The average molecular weight is 247 g/mol. The van der Waals surface area contributed by atoms with Crippen LogP contribution in [0.2, 0.25) is 0 Å². The van der Waals surface area contributed by atoms with Crippen molar-refractivity contribution in [2.75, 3.05) is 26.9 Å². The first-order valence-electron chi connectivity index (χ1n) is 6.00.